The van der Waals surface area contributed by atoms with Gasteiger partial charge < -0.3 is 10.1 Å². The Kier molecular flexibility index (Phi) is 3.10. The lowest BCUT2D eigenvalue weighted by atomic mass is 10.3. The Morgan fingerprint density at radius 1 is 1.29 bits per heavy atom. The lowest BCUT2D eigenvalue weighted by molar-refractivity contribution is 0.242. The number of sulfonamides is 1. The zero-order valence-electron chi connectivity index (χ0n) is 7.93. The van der Waals surface area contributed by atoms with Gasteiger partial charge in [0.2, 0.25) is 0 Å². The molecule has 0 atom stereocenters. The van der Waals surface area contributed by atoms with Crippen LogP contribution in [0.25, 0.3) is 0 Å². The van der Waals surface area contributed by atoms with E-state index < -0.39 is 10.0 Å². The molecule has 0 aromatic heterocycles. The van der Waals surface area contributed by atoms with Crippen molar-refractivity contribution in [1.29, 1.82) is 0 Å². The van der Waals surface area contributed by atoms with E-state index in [0.29, 0.717) is 5.69 Å². The molecule has 78 valence electrons. The molecule has 6 heteroatoms. The smallest absolute Gasteiger partial charge is 0.264 e. The van der Waals surface area contributed by atoms with Crippen molar-refractivity contribution in [2.75, 3.05) is 19.0 Å². The molecule has 0 fully saturated rings. The Labute approximate surface area is 83.0 Å². The monoisotopic (exact) mass is 216 g/mol. The summed E-state index contributed by atoms with van der Waals surface area (Å²) in [6.45, 7) is 0. The van der Waals surface area contributed by atoms with E-state index in [9.17, 15) is 8.42 Å². The molecule has 1 rings (SSSR count). The normalized spacial score (nSPS) is 11.4. The van der Waals surface area contributed by atoms with Crippen LogP contribution in [0.1, 0.15) is 0 Å². The molecule has 1 aromatic rings. The third-order valence-corrected chi connectivity index (χ3v) is 2.92. The second-order valence-corrected chi connectivity index (χ2v) is 4.59. The summed E-state index contributed by atoms with van der Waals surface area (Å²) in [6, 6.07) is 6.40. The molecule has 14 heavy (non-hydrogen) atoms. The molecule has 5 nitrogen and oxygen atoms in total. The van der Waals surface area contributed by atoms with Gasteiger partial charge in [0.25, 0.3) is 10.0 Å². The van der Waals surface area contributed by atoms with Crippen LogP contribution in [0.4, 0.5) is 5.69 Å². The minimum absolute atomic E-state index is 0.0486. The van der Waals surface area contributed by atoms with Crippen LogP contribution in [0.3, 0.4) is 0 Å². The quantitative estimate of drug-likeness (QED) is 0.718. The van der Waals surface area contributed by atoms with Gasteiger partial charge in [-0.3, -0.25) is 0 Å². The largest absolute Gasteiger partial charge is 0.377 e. The topological polar surface area (TPSA) is 69.6 Å². The van der Waals surface area contributed by atoms with Crippen LogP contribution < -0.4 is 9.79 Å². The molecule has 0 spiro atoms. The van der Waals surface area contributed by atoms with Crippen molar-refractivity contribution < 1.29 is 13.6 Å². The number of hydrogen-bond donors (Lipinski definition) is 2. The Morgan fingerprint density at radius 2 is 1.86 bits per heavy atom. The molecule has 1 aromatic carbocycles. The van der Waals surface area contributed by atoms with E-state index in [1.165, 1.54) is 11.0 Å². The fraction of sp³-hybridized carbons (Fsp3) is 0.250. The molecular formula is C8H12N2O3S. The first-order chi connectivity index (χ1) is 6.49. The molecule has 0 saturated heterocycles. The summed E-state index contributed by atoms with van der Waals surface area (Å²) < 4.78 is 22.7. The van der Waals surface area contributed by atoms with E-state index in [0.717, 1.165) is 0 Å². The first kappa shape index (κ1) is 11.0. The van der Waals surface area contributed by atoms with Crippen LogP contribution in [0, 0.1) is 0 Å². The highest BCUT2D eigenvalue weighted by molar-refractivity contribution is 7.89. The van der Waals surface area contributed by atoms with Gasteiger partial charge in [0, 0.05) is 14.1 Å². The lowest BCUT2D eigenvalue weighted by Gasteiger charge is -2.16. The third kappa shape index (κ3) is 2.03. The fourth-order valence-electron chi connectivity index (χ4n) is 1.10. The third-order valence-electron chi connectivity index (χ3n) is 1.76. The molecule has 0 heterocycles. The van der Waals surface area contributed by atoms with Crippen LogP contribution in [-0.2, 0) is 10.0 Å². The predicted molar refractivity (Wildman–Crippen MR) is 52.9 cm³/mol. The fourth-order valence-corrected chi connectivity index (χ4v) is 1.99. The maximum Gasteiger partial charge on any atom is 0.264 e. The highest BCUT2D eigenvalue weighted by Crippen LogP contribution is 2.22. The summed E-state index contributed by atoms with van der Waals surface area (Å²) in [5, 5.41) is 8.50. The number of hydrogen-bond acceptors (Lipinski definition) is 4. The number of benzene rings is 1. The van der Waals surface area contributed by atoms with Crippen molar-refractivity contribution in [2.45, 2.75) is 4.90 Å². The molecule has 0 unspecified atom stereocenters. The van der Waals surface area contributed by atoms with E-state index in [1.807, 2.05) is 0 Å². The summed E-state index contributed by atoms with van der Waals surface area (Å²) in [5.74, 6) is 0. The lowest BCUT2D eigenvalue weighted by Crippen LogP contribution is -2.22. The zero-order chi connectivity index (χ0) is 10.8. The van der Waals surface area contributed by atoms with Crippen LogP contribution in [-0.4, -0.2) is 27.7 Å². The van der Waals surface area contributed by atoms with Crippen molar-refractivity contribution in [2.24, 2.45) is 0 Å². The zero-order valence-corrected chi connectivity index (χ0v) is 8.75. The minimum atomic E-state index is -3.81. The van der Waals surface area contributed by atoms with Crippen molar-refractivity contribution in [3.8, 4) is 0 Å². The average Bonchev–Trinajstić information content (AvgIpc) is 2.18. The molecule has 0 aliphatic carbocycles. The summed E-state index contributed by atoms with van der Waals surface area (Å²) >= 11 is 0. The van der Waals surface area contributed by atoms with Crippen molar-refractivity contribution in [3.05, 3.63) is 24.3 Å². The average molecular weight is 216 g/mol. The van der Waals surface area contributed by atoms with Crippen LogP contribution >= 0.6 is 0 Å². The van der Waals surface area contributed by atoms with E-state index in [4.69, 9.17) is 5.21 Å². The second-order valence-electron chi connectivity index (χ2n) is 2.96. The van der Waals surface area contributed by atoms with Crippen LogP contribution in [0.5, 0.6) is 0 Å². The second kappa shape index (κ2) is 3.95. The van der Waals surface area contributed by atoms with Gasteiger partial charge in [-0.2, -0.15) is 0 Å². The molecule has 0 aliphatic heterocycles. The van der Waals surface area contributed by atoms with Gasteiger partial charge in [-0.15, -0.1) is 0 Å². The van der Waals surface area contributed by atoms with Crippen LogP contribution in [0.15, 0.2) is 29.2 Å². The summed E-state index contributed by atoms with van der Waals surface area (Å²) in [6.07, 6.45) is 0. The van der Waals surface area contributed by atoms with Crippen molar-refractivity contribution >= 4 is 15.7 Å². The highest BCUT2D eigenvalue weighted by atomic mass is 32.2. The molecular weight excluding hydrogens is 204 g/mol. The molecule has 0 saturated carbocycles. The van der Waals surface area contributed by atoms with E-state index in [2.05, 4.69) is 0 Å². The Balaban J connectivity index is 3.35. The van der Waals surface area contributed by atoms with Gasteiger partial charge in [0.1, 0.15) is 4.90 Å². The molecule has 0 aliphatic rings. The minimum Gasteiger partial charge on any atom is -0.377 e. The van der Waals surface area contributed by atoms with Crippen molar-refractivity contribution in [3.63, 3.8) is 0 Å². The van der Waals surface area contributed by atoms with Crippen molar-refractivity contribution in [1.82, 2.24) is 4.89 Å². The van der Waals surface area contributed by atoms with Gasteiger partial charge in [-0.1, -0.05) is 17.0 Å². The summed E-state index contributed by atoms with van der Waals surface area (Å²) in [4.78, 5) is 3.00. The standard InChI is InChI=1S/C8H12N2O3S/c1-10(2)7-5-3-4-6-8(7)14(12,13)9-11/h3-6,9,11H,1-2H3. The Morgan fingerprint density at radius 3 is 2.36 bits per heavy atom. The Bertz CT molecular complexity index is 414. The molecule has 0 bridgehead atoms. The maximum atomic E-state index is 11.3. The number of nitrogens with zero attached hydrogens (tertiary/aromatic N) is 1. The predicted octanol–water partition coefficient (Wildman–Crippen LogP) is 0.420. The summed E-state index contributed by atoms with van der Waals surface area (Å²) in [7, 11) is -0.354. The van der Waals surface area contributed by atoms with Gasteiger partial charge in [0.15, 0.2) is 0 Å². The molecule has 2 N–H and O–H groups in total. The number of rotatable bonds is 3. The van der Waals surface area contributed by atoms with E-state index in [-0.39, 0.29) is 4.90 Å². The van der Waals surface area contributed by atoms with E-state index in [1.54, 1.807) is 37.2 Å². The Hall–Kier alpha value is -1.11. The van der Waals surface area contributed by atoms with Gasteiger partial charge in [0.05, 0.1) is 5.69 Å². The van der Waals surface area contributed by atoms with Gasteiger partial charge >= 0.3 is 0 Å². The number of anilines is 1. The number of para-hydroxylation sites is 1. The summed E-state index contributed by atoms with van der Waals surface area (Å²) in [5.41, 5.74) is 0.522. The maximum absolute atomic E-state index is 11.3. The highest BCUT2D eigenvalue weighted by Gasteiger charge is 2.17. The van der Waals surface area contributed by atoms with Gasteiger partial charge in [-0.25, -0.2) is 8.42 Å². The molecule has 0 radical (unpaired) electrons. The molecule has 0 amide bonds. The first-order valence-electron chi connectivity index (χ1n) is 3.91. The van der Waals surface area contributed by atoms with E-state index >= 15 is 0 Å². The number of nitrogens with one attached hydrogen (secondary N) is 1. The van der Waals surface area contributed by atoms with Gasteiger partial charge in [-0.05, 0) is 12.1 Å². The SMILES string of the molecule is CN(C)c1ccccc1S(=O)(=O)NO. The first-order valence-corrected chi connectivity index (χ1v) is 5.39. The van der Waals surface area contributed by atoms with Crippen LogP contribution in [0.2, 0.25) is 0 Å².